The number of carbonyl (C=O) groups excluding carboxylic acids is 2. The molecule has 2 N–H and O–H groups in total. The van der Waals surface area contributed by atoms with E-state index in [1.807, 2.05) is 38.1 Å². The highest BCUT2D eigenvalue weighted by molar-refractivity contribution is 7.99. The SMILES string of the molecule is Cc1cc(C)n(-c2ccc(CNC(=O)c3ccc4c(c3)NC(=O)CCS4)cn2)n1. The van der Waals surface area contributed by atoms with Gasteiger partial charge in [-0.3, -0.25) is 9.59 Å². The number of aryl methyl sites for hydroxylation is 2. The number of hydrogen-bond acceptors (Lipinski definition) is 5. The maximum absolute atomic E-state index is 12.5. The summed E-state index contributed by atoms with van der Waals surface area (Å²) in [6, 6.07) is 11.2. The Morgan fingerprint density at radius 1 is 1.24 bits per heavy atom. The number of nitrogens with one attached hydrogen (secondary N) is 2. The normalized spacial score (nSPS) is 13.4. The number of fused-ring (bicyclic) bond motifs is 1. The third kappa shape index (κ3) is 4.32. The van der Waals surface area contributed by atoms with Gasteiger partial charge in [-0.05, 0) is 49.7 Å². The molecular weight excluding hydrogens is 386 g/mol. The van der Waals surface area contributed by atoms with Gasteiger partial charge in [0.1, 0.15) is 0 Å². The topological polar surface area (TPSA) is 88.9 Å². The molecule has 0 saturated heterocycles. The van der Waals surface area contributed by atoms with E-state index in [9.17, 15) is 9.59 Å². The average molecular weight is 407 g/mol. The molecule has 29 heavy (non-hydrogen) atoms. The first-order valence-electron chi connectivity index (χ1n) is 9.33. The molecule has 1 aromatic carbocycles. The van der Waals surface area contributed by atoms with Gasteiger partial charge >= 0.3 is 0 Å². The van der Waals surface area contributed by atoms with E-state index < -0.39 is 0 Å². The van der Waals surface area contributed by atoms with E-state index >= 15 is 0 Å². The van der Waals surface area contributed by atoms with E-state index in [0.717, 1.165) is 33.4 Å². The van der Waals surface area contributed by atoms with Gasteiger partial charge in [-0.15, -0.1) is 11.8 Å². The van der Waals surface area contributed by atoms with Crippen molar-refractivity contribution in [3.05, 3.63) is 65.1 Å². The van der Waals surface area contributed by atoms with Gasteiger partial charge < -0.3 is 10.6 Å². The van der Waals surface area contributed by atoms with E-state index in [0.29, 0.717) is 24.2 Å². The number of hydrogen-bond donors (Lipinski definition) is 2. The van der Waals surface area contributed by atoms with Crippen molar-refractivity contribution in [2.45, 2.75) is 31.7 Å². The zero-order valence-electron chi connectivity index (χ0n) is 16.2. The lowest BCUT2D eigenvalue weighted by molar-refractivity contribution is -0.115. The molecule has 0 radical (unpaired) electrons. The van der Waals surface area contributed by atoms with Gasteiger partial charge in [0.25, 0.3) is 5.91 Å². The van der Waals surface area contributed by atoms with Crippen molar-refractivity contribution in [2.24, 2.45) is 0 Å². The van der Waals surface area contributed by atoms with E-state index in [-0.39, 0.29) is 11.8 Å². The summed E-state index contributed by atoms with van der Waals surface area (Å²) in [7, 11) is 0. The Hall–Kier alpha value is -3.13. The summed E-state index contributed by atoms with van der Waals surface area (Å²) in [4.78, 5) is 29.7. The molecule has 1 aliphatic heterocycles. The average Bonchev–Trinajstić information content (AvgIpc) is 2.93. The molecule has 0 fully saturated rings. The first-order valence-corrected chi connectivity index (χ1v) is 10.3. The Kier molecular flexibility index (Phi) is 5.35. The monoisotopic (exact) mass is 407 g/mol. The third-order valence-corrected chi connectivity index (χ3v) is 5.67. The Morgan fingerprint density at radius 3 is 2.83 bits per heavy atom. The smallest absolute Gasteiger partial charge is 0.251 e. The van der Waals surface area contributed by atoms with Crippen LogP contribution in [0, 0.1) is 13.8 Å². The summed E-state index contributed by atoms with van der Waals surface area (Å²) in [6.07, 6.45) is 2.21. The third-order valence-electron chi connectivity index (χ3n) is 4.59. The quantitative estimate of drug-likeness (QED) is 0.693. The molecule has 2 amide bonds. The van der Waals surface area contributed by atoms with Crippen LogP contribution in [0.3, 0.4) is 0 Å². The van der Waals surface area contributed by atoms with Crippen LogP contribution in [0.1, 0.15) is 33.7 Å². The van der Waals surface area contributed by atoms with Gasteiger partial charge in [0.05, 0.1) is 11.4 Å². The number of thioether (sulfide) groups is 1. The first kappa shape index (κ1) is 19.2. The molecule has 0 atom stereocenters. The molecule has 0 bridgehead atoms. The first-order chi connectivity index (χ1) is 14.0. The minimum Gasteiger partial charge on any atom is -0.348 e. The van der Waals surface area contributed by atoms with Crippen LogP contribution in [0.15, 0.2) is 47.5 Å². The van der Waals surface area contributed by atoms with E-state index in [4.69, 9.17) is 0 Å². The zero-order valence-corrected chi connectivity index (χ0v) is 17.0. The molecule has 8 heteroatoms. The Balaban J connectivity index is 1.42. The Morgan fingerprint density at radius 2 is 2.10 bits per heavy atom. The maximum atomic E-state index is 12.5. The second-order valence-corrected chi connectivity index (χ2v) is 8.04. The van der Waals surface area contributed by atoms with Crippen molar-refractivity contribution in [1.29, 1.82) is 0 Å². The van der Waals surface area contributed by atoms with Gasteiger partial charge in [0.15, 0.2) is 5.82 Å². The van der Waals surface area contributed by atoms with Crippen LogP contribution < -0.4 is 10.6 Å². The van der Waals surface area contributed by atoms with E-state index in [2.05, 4.69) is 20.7 Å². The molecule has 3 heterocycles. The van der Waals surface area contributed by atoms with Crippen LogP contribution in [-0.2, 0) is 11.3 Å². The fourth-order valence-corrected chi connectivity index (χ4v) is 4.09. The van der Waals surface area contributed by atoms with Crippen molar-refractivity contribution in [1.82, 2.24) is 20.1 Å². The molecule has 148 valence electrons. The van der Waals surface area contributed by atoms with Crippen LogP contribution in [0.5, 0.6) is 0 Å². The standard InChI is InChI=1S/C21H21N5O2S/c1-13-9-14(2)26(25-13)19-6-3-15(11-22-19)12-23-21(28)16-4-5-18-17(10-16)24-20(27)7-8-29-18/h3-6,9-11H,7-8,12H2,1-2H3,(H,23,28)(H,24,27). The summed E-state index contributed by atoms with van der Waals surface area (Å²) < 4.78 is 1.79. The fourth-order valence-electron chi connectivity index (χ4n) is 3.15. The van der Waals surface area contributed by atoms with Crippen molar-refractivity contribution >= 4 is 29.3 Å². The van der Waals surface area contributed by atoms with Crippen molar-refractivity contribution < 1.29 is 9.59 Å². The van der Waals surface area contributed by atoms with Crippen LogP contribution >= 0.6 is 11.8 Å². The van der Waals surface area contributed by atoms with Gasteiger partial charge in [0.2, 0.25) is 5.91 Å². The lowest BCUT2D eigenvalue weighted by Gasteiger charge is -2.10. The number of nitrogens with zero attached hydrogens (tertiary/aromatic N) is 3. The summed E-state index contributed by atoms with van der Waals surface area (Å²) in [5.74, 6) is 1.26. The number of pyridine rings is 1. The van der Waals surface area contributed by atoms with Gasteiger partial charge in [-0.1, -0.05) is 6.07 Å². The highest BCUT2D eigenvalue weighted by Crippen LogP contribution is 2.31. The Labute approximate surface area is 172 Å². The van der Waals surface area contributed by atoms with Gasteiger partial charge in [-0.2, -0.15) is 5.10 Å². The van der Waals surface area contributed by atoms with Gasteiger partial charge in [0, 0.05) is 41.1 Å². The fraction of sp³-hybridized carbons (Fsp3) is 0.238. The molecule has 4 rings (SSSR count). The summed E-state index contributed by atoms with van der Waals surface area (Å²) in [6.45, 7) is 4.29. The highest BCUT2D eigenvalue weighted by Gasteiger charge is 2.16. The van der Waals surface area contributed by atoms with Gasteiger partial charge in [-0.25, -0.2) is 9.67 Å². The van der Waals surface area contributed by atoms with Crippen molar-refractivity contribution in [3.63, 3.8) is 0 Å². The predicted molar refractivity (Wildman–Crippen MR) is 112 cm³/mol. The van der Waals surface area contributed by atoms with Crippen LogP contribution in [0.2, 0.25) is 0 Å². The molecule has 3 aromatic rings. The summed E-state index contributed by atoms with van der Waals surface area (Å²) in [5, 5.41) is 10.2. The number of carbonyl (C=O) groups is 2. The molecular formula is C21H21N5O2S. The number of benzene rings is 1. The van der Waals surface area contributed by atoms with E-state index in [1.54, 1.807) is 34.8 Å². The minimum atomic E-state index is -0.195. The predicted octanol–water partition coefficient (Wildman–Crippen LogP) is 3.25. The van der Waals surface area contributed by atoms with Crippen LogP contribution in [0.25, 0.3) is 5.82 Å². The van der Waals surface area contributed by atoms with Crippen molar-refractivity contribution in [3.8, 4) is 5.82 Å². The summed E-state index contributed by atoms with van der Waals surface area (Å²) >= 11 is 1.62. The number of rotatable bonds is 4. The second kappa shape index (κ2) is 8.08. The molecule has 0 aliphatic carbocycles. The molecule has 0 unspecified atom stereocenters. The minimum absolute atomic E-state index is 0.0254. The zero-order chi connectivity index (χ0) is 20.4. The molecule has 1 aliphatic rings. The molecule has 2 aromatic heterocycles. The molecule has 0 saturated carbocycles. The number of anilines is 1. The lowest BCUT2D eigenvalue weighted by Crippen LogP contribution is -2.23. The molecule has 7 nitrogen and oxygen atoms in total. The van der Waals surface area contributed by atoms with Crippen molar-refractivity contribution in [2.75, 3.05) is 11.1 Å². The highest BCUT2D eigenvalue weighted by atomic mass is 32.2. The largest absolute Gasteiger partial charge is 0.348 e. The van der Waals surface area contributed by atoms with Crippen LogP contribution in [-0.4, -0.2) is 32.3 Å². The summed E-state index contributed by atoms with van der Waals surface area (Å²) in [5.41, 5.74) is 4.06. The lowest BCUT2D eigenvalue weighted by atomic mass is 10.1. The number of amides is 2. The van der Waals surface area contributed by atoms with Crippen LogP contribution in [0.4, 0.5) is 5.69 Å². The Bertz CT molecular complexity index is 1080. The second-order valence-electron chi connectivity index (χ2n) is 6.90. The maximum Gasteiger partial charge on any atom is 0.251 e. The number of aromatic nitrogens is 3. The van der Waals surface area contributed by atoms with E-state index in [1.165, 1.54) is 0 Å². The molecule has 0 spiro atoms.